The zero-order valence-corrected chi connectivity index (χ0v) is 9.34. The zero-order valence-electron chi connectivity index (χ0n) is 9.34. The predicted octanol–water partition coefficient (Wildman–Crippen LogP) is 0.764. The first kappa shape index (κ1) is 11.9. The Morgan fingerprint density at radius 2 is 2.00 bits per heavy atom. The Kier molecular flexibility index (Phi) is 4.81. The highest BCUT2D eigenvalue weighted by Gasteiger charge is 2.27. The van der Waals surface area contributed by atoms with Gasteiger partial charge >= 0.3 is 0 Å². The largest absolute Gasteiger partial charge is 0.385 e. The molecule has 0 radical (unpaired) electrons. The third-order valence-corrected chi connectivity index (χ3v) is 2.22. The molecule has 0 aliphatic carbocycles. The van der Waals surface area contributed by atoms with Crippen LogP contribution in [0.5, 0.6) is 0 Å². The monoisotopic (exact) mass is 203 g/mol. The smallest absolute Gasteiger partial charge is 0.162 e. The van der Waals surface area contributed by atoms with Crippen LogP contribution in [-0.4, -0.2) is 45.3 Å². The molecule has 0 bridgehead atoms. The van der Waals surface area contributed by atoms with E-state index in [-0.39, 0.29) is 0 Å². The summed E-state index contributed by atoms with van der Waals surface area (Å²) in [5, 5.41) is 3.36. The van der Waals surface area contributed by atoms with Gasteiger partial charge in [0.1, 0.15) is 0 Å². The highest BCUT2D eigenvalue weighted by Crippen LogP contribution is 2.16. The Morgan fingerprint density at radius 1 is 1.36 bits per heavy atom. The van der Waals surface area contributed by atoms with Crippen LogP contribution in [0.1, 0.15) is 20.3 Å². The van der Waals surface area contributed by atoms with E-state index in [0.29, 0.717) is 6.04 Å². The van der Waals surface area contributed by atoms with E-state index < -0.39 is 5.79 Å². The molecule has 1 aliphatic rings. The molecule has 1 aliphatic heterocycles. The van der Waals surface area contributed by atoms with E-state index in [1.54, 1.807) is 7.11 Å². The van der Waals surface area contributed by atoms with Crippen molar-refractivity contribution in [3.63, 3.8) is 0 Å². The van der Waals surface area contributed by atoms with Gasteiger partial charge in [0, 0.05) is 13.7 Å². The molecule has 84 valence electrons. The van der Waals surface area contributed by atoms with Crippen LogP contribution in [0, 0.1) is 0 Å². The van der Waals surface area contributed by atoms with E-state index in [0.717, 1.165) is 32.8 Å². The van der Waals surface area contributed by atoms with E-state index in [1.165, 1.54) is 0 Å². The topological polar surface area (TPSA) is 39.7 Å². The molecule has 0 spiro atoms. The van der Waals surface area contributed by atoms with Crippen LogP contribution in [-0.2, 0) is 14.2 Å². The number of ether oxygens (including phenoxy) is 3. The lowest BCUT2D eigenvalue weighted by atomic mass is 10.2. The van der Waals surface area contributed by atoms with Gasteiger partial charge in [-0.2, -0.15) is 0 Å². The van der Waals surface area contributed by atoms with Crippen LogP contribution < -0.4 is 5.32 Å². The van der Waals surface area contributed by atoms with E-state index in [2.05, 4.69) is 5.32 Å². The number of nitrogens with one attached hydrogen (secondary N) is 1. The molecule has 0 aromatic carbocycles. The number of rotatable bonds is 5. The van der Waals surface area contributed by atoms with Crippen molar-refractivity contribution in [2.24, 2.45) is 0 Å². The predicted molar refractivity (Wildman–Crippen MR) is 54.3 cm³/mol. The highest BCUT2D eigenvalue weighted by atomic mass is 16.7. The molecule has 14 heavy (non-hydrogen) atoms. The summed E-state index contributed by atoms with van der Waals surface area (Å²) < 4.78 is 16.0. The van der Waals surface area contributed by atoms with Gasteiger partial charge in [0.05, 0.1) is 19.3 Å². The van der Waals surface area contributed by atoms with Crippen molar-refractivity contribution in [1.29, 1.82) is 0 Å². The SMILES string of the molecule is COCCCNC1COC(C)(C)OC1. The first-order valence-corrected chi connectivity index (χ1v) is 5.14. The van der Waals surface area contributed by atoms with E-state index in [1.807, 2.05) is 13.8 Å². The van der Waals surface area contributed by atoms with Gasteiger partial charge in [-0.25, -0.2) is 0 Å². The second-order valence-electron chi connectivity index (χ2n) is 4.02. The minimum Gasteiger partial charge on any atom is -0.385 e. The highest BCUT2D eigenvalue weighted by molar-refractivity contribution is 4.72. The molecule has 0 amide bonds. The maximum Gasteiger partial charge on any atom is 0.162 e. The lowest BCUT2D eigenvalue weighted by Gasteiger charge is -2.35. The third kappa shape index (κ3) is 4.37. The number of hydrogen-bond donors (Lipinski definition) is 1. The van der Waals surface area contributed by atoms with Crippen LogP contribution >= 0.6 is 0 Å². The molecule has 0 aromatic heterocycles. The Bertz CT molecular complexity index is 151. The van der Waals surface area contributed by atoms with Crippen LogP contribution in [0.2, 0.25) is 0 Å². The maximum absolute atomic E-state index is 5.52. The minimum atomic E-state index is -0.412. The Hall–Kier alpha value is -0.160. The average Bonchev–Trinajstić information content (AvgIpc) is 2.15. The summed E-state index contributed by atoms with van der Waals surface area (Å²) >= 11 is 0. The first-order valence-electron chi connectivity index (χ1n) is 5.14. The Balaban J connectivity index is 2.04. The third-order valence-electron chi connectivity index (χ3n) is 2.22. The van der Waals surface area contributed by atoms with Gasteiger partial charge in [0.25, 0.3) is 0 Å². The van der Waals surface area contributed by atoms with Gasteiger partial charge in [-0.05, 0) is 26.8 Å². The summed E-state index contributed by atoms with van der Waals surface area (Å²) in [6, 6.07) is 0.319. The lowest BCUT2D eigenvalue weighted by molar-refractivity contribution is -0.252. The molecule has 1 saturated heterocycles. The fraction of sp³-hybridized carbons (Fsp3) is 1.00. The summed E-state index contributed by atoms with van der Waals surface area (Å²) in [4.78, 5) is 0. The van der Waals surface area contributed by atoms with Gasteiger partial charge in [-0.1, -0.05) is 0 Å². The van der Waals surface area contributed by atoms with Crippen LogP contribution in [0.3, 0.4) is 0 Å². The van der Waals surface area contributed by atoms with Crippen molar-refractivity contribution in [2.75, 3.05) is 33.5 Å². The fourth-order valence-corrected chi connectivity index (χ4v) is 1.33. The molecule has 0 atom stereocenters. The van der Waals surface area contributed by atoms with Crippen molar-refractivity contribution >= 4 is 0 Å². The fourth-order valence-electron chi connectivity index (χ4n) is 1.33. The van der Waals surface area contributed by atoms with Gasteiger partial charge in [0.2, 0.25) is 0 Å². The summed E-state index contributed by atoms with van der Waals surface area (Å²) in [5.41, 5.74) is 0. The van der Waals surface area contributed by atoms with Gasteiger partial charge in [-0.15, -0.1) is 0 Å². The molecule has 0 aromatic rings. The molecule has 0 saturated carbocycles. The zero-order chi connectivity index (χ0) is 10.4. The van der Waals surface area contributed by atoms with Crippen LogP contribution in [0.25, 0.3) is 0 Å². The average molecular weight is 203 g/mol. The summed E-state index contributed by atoms with van der Waals surface area (Å²) in [5.74, 6) is -0.412. The molecule has 0 unspecified atom stereocenters. The Morgan fingerprint density at radius 3 is 2.57 bits per heavy atom. The second kappa shape index (κ2) is 5.66. The summed E-state index contributed by atoms with van der Waals surface area (Å²) in [6.07, 6.45) is 1.02. The lowest BCUT2D eigenvalue weighted by Crippen LogP contribution is -2.48. The van der Waals surface area contributed by atoms with Gasteiger partial charge in [-0.3, -0.25) is 0 Å². The Labute approximate surface area is 85.9 Å². The molecule has 1 rings (SSSR count). The standard InChI is InChI=1S/C10H21NO3/c1-10(2)13-7-9(8-14-10)11-5-4-6-12-3/h9,11H,4-8H2,1-3H3. The molecule has 1 N–H and O–H groups in total. The minimum absolute atomic E-state index is 0.319. The van der Waals surface area contributed by atoms with Crippen molar-refractivity contribution in [1.82, 2.24) is 5.32 Å². The first-order chi connectivity index (χ1) is 6.64. The second-order valence-corrected chi connectivity index (χ2v) is 4.02. The molecule has 4 nitrogen and oxygen atoms in total. The molecule has 1 fully saturated rings. The summed E-state index contributed by atoms with van der Waals surface area (Å²) in [6.45, 7) is 7.07. The molecule has 4 heteroatoms. The molecule has 1 heterocycles. The quantitative estimate of drug-likeness (QED) is 0.670. The number of methoxy groups -OCH3 is 1. The van der Waals surface area contributed by atoms with E-state index in [4.69, 9.17) is 14.2 Å². The van der Waals surface area contributed by atoms with E-state index >= 15 is 0 Å². The van der Waals surface area contributed by atoms with E-state index in [9.17, 15) is 0 Å². The maximum atomic E-state index is 5.52. The van der Waals surface area contributed by atoms with Crippen molar-refractivity contribution in [3.8, 4) is 0 Å². The van der Waals surface area contributed by atoms with Crippen LogP contribution in [0.15, 0.2) is 0 Å². The van der Waals surface area contributed by atoms with Crippen LogP contribution in [0.4, 0.5) is 0 Å². The van der Waals surface area contributed by atoms with Crippen molar-refractivity contribution < 1.29 is 14.2 Å². The number of hydrogen-bond acceptors (Lipinski definition) is 4. The summed E-state index contributed by atoms with van der Waals surface area (Å²) in [7, 11) is 1.72. The molecular formula is C10H21NO3. The van der Waals surface area contributed by atoms with Gasteiger partial charge < -0.3 is 19.5 Å². The van der Waals surface area contributed by atoms with Crippen molar-refractivity contribution in [2.45, 2.75) is 32.1 Å². The van der Waals surface area contributed by atoms with Crippen molar-refractivity contribution in [3.05, 3.63) is 0 Å². The normalized spacial score (nSPS) is 22.5. The molecular weight excluding hydrogens is 182 g/mol. The van der Waals surface area contributed by atoms with Gasteiger partial charge in [0.15, 0.2) is 5.79 Å².